The molecule has 1 spiro atoms. The van der Waals surface area contributed by atoms with Crippen LogP contribution in [-0.2, 0) is 19.1 Å². The summed E-state index contributed by atoms with van der Waals surface area (Å²) in [4.78, 5) is 49.5. The minimum absolute atomic E-state index is 0.477. The number of amides is 4. The molecule has 2 N–H and O–H groups in total. The molecular weight excluding hydrogens is 450 g/mol. The zero-order valence-corrected chi connectivity index (χ0v) is 20.0. The zero-order valence-electron chi connectivity index (χ0n) is 20.0. The summed E-state index contributed by atoms with van der Waals surface area (Å²) in [5.41, 5.74) is 4.53. The number of hydrogen-bond donors (Lipinski definition) is 2. The molecule has 2 aliphatic rings. The molecule has 2 aromatic rings. The first kappa shape index (κ1) is 24.2. The average Bonchev–Trinajstić information content (AvgIpc) is 3.26. The standard InChI is InChI=1S/C25H29N5O5/c1-16-11-13-25(14-12-16)23(33)30(24(34)26-25)28-21(31)15-35-22(32)10-9-20-17(2)27-29(18(20)3)19-7-5-4-6-8-19/h4-10,16H,11-15H2,1-3H3,(H,26,34)(H,28,31)/b10-9+. The number of ether oxygens (including phenoxy) is 1. The quantitative estimate of drug-likeness (QED) is 0.373. The van der Waals surface area contributed by atoms with E-state index in [1.807, 2.05) is 44.2 Å². The molecule has 4 amide bonds. The highest BCUT2D eigenvalue weighted by Crippen LogP contribution is 2.35. The molecule has 2 heterocycles. The first-order valence-corrected chi connectivity index (χ1v) is 11.6. The molecule has 10 heteroatoms. The number of aryl methyl sites for hydroxylation is 1. The number of aromatic nitrogens is 2. The van der Waals surface area contributed by atoms with Crippen molar-refractivity contribution in [1.29, 1.82) is 0 Å². The highest BCUT2D eigenvalue weighted by molar-refractivity contribution is 6.08. The van der Waals surface area contributed by atoms with Gasteiger partial charge in [0.2, 0.25) is 0 Å². The van der Waals surface area contributed by atoms with E-state index in [-0.39, 0.29) is 0 Å². The van der Waals surface area contributed by atoms with Gasteiger partial charge in [-0.1, -0.05) is 25.1 Å². The molecule has 0 radical (unpaired) electrons. The van der Waals surface area contributed by atoms with Crippen LogP contribution in [0.5, 0.6) is 0 Å². The maximum Gasteiger partial charge on any atom is 0.344 e. The van der Waals surface area contributed by atoms with E-state index < -0.39 is 36.0 Å². The molecular formula is C25H29N5O5. The van der Waals surface area contributed by atoms with E-state index in [1.165, 1.54) is 6.08 Å². The first-order valence-electron chi connectivity index (χ1n) is 11.6. The molecule has 0 unspecified atom stereocenters. The van der Waals surface area contributed by atoms with Gasteiger partial charge in [-0.3, -0.25) is 15.0 Å². The summed E-state index contributed by atoms with van der Waals surface area (Å²) < 4.78 is 6.78. The Kier molecular flexibility index (Phi) is 6.72. The molecule has 10 nitrogen and oxygen atoms in total. The summed E-state index contributed by atoms with van der Waals surface area (Å²) in [6.07, 6.45) is 5.51. The Balaban J connectivity index is 1.32. The van der Waals surface area contributed by atoms with Crippen molar-refractivity contribution in [3.63, 3.8) is 0 Å². The molecule has 0 bridgehead atoms. The lowest BCUT2D eigenvalue weighted by Gasteiger charge is -2.33. The Morgan fingerprint density at radius 2 is 1.89 bits per heavy atom. The number of hydrogen-bond acceptors (Lipinski definition) is 6. The van der Waals surface area contributed by atoms with Crippen LogP contribution < -0.4 is 10.7 Å². The van der Waals surface area contributed by atoms with E-state index in [2.05, 4.69) is 22.8 Å². The van der Waals surface area contributed by atoms with Gasteiger partial charge in [-0.15, -0.1) is 0 Å². The minimum Gasteiger partial charge on any atom is -0.452 e. The molecule has 1 aromatic heterocycles. The summed E-state index contributed by atoms with van der Waals surface area (Å²) in [6, 6.07) is 8.94. The third-order valence-electron chi connectivity index (χ3n) is 6.61. The summed E-state index contributed by atoms with van der Waals surface area (Å²) >= 11 is 0. The van der Waals surface area contributed by atoms with Crippen molar-refractivity contribution in [1.82, 2.24) is 25.5 Å². The van der Waals surface area contributed by atoms with Gasteiger partial charge in [-0.25, -0.2) is 14.3 Å². The number of urea groups is 1. The highest BCUT2D eigenvalue weighted by Gasteiger charge is 2.52. The lowest BCUT2D eigenvalue weighted by Crippen LogP contribution is -2.52. The van der Waals surface area contributed by atoms with E-state index in [1.54, 1.807) is 10.8 Å². The van der Waals surface area contributed by atoms with Crippen molar-refractivity contribution in [2.75, 3.05) is 6.61 Å². The monoisotopic (exact) mass is 479 g/mol. The summed E-state index contributed by atoms with van der Waals surface area (Å²) in [6.45, 7) is 5.20. The number of nitrogens with zero attached hydrogens (tertiary/aromatic N) is 3. The Morgan fingerprint density at radius 1 is 1.20 bits per heavy atom. The number of carbonyl (C=O) groups is 4. The lowest BCUT2D eigenvalue weighted by molar-refractivity contribution is -0.147. The summed E-state index contributed by atoms with van der Waals surface area (Å²) in [5.74, 6) is -1.50. The van der Waals surface area contributed by atoms with Crippen LogP contribution >= 0.6 is 0 Å². The number of hydrazine groups is 1. The van der Waals surface area contributed by atoms with E-state index >= 15 is 0 Å². The maximum absolute atomic E-state index is 12.8. The van der Waals surface area contributed by atoms with Gasteiger partial charge < -0.3 is 10.1 Å². The van der Waals surface area contributed by atoms with Gasteiger partial charge in [0.05, 0.1) is 11.4 Å². The van der Waals surface area contributed by atoms with Crippen LogP contribution in [0, 0.1) is 19.8 Å². The molecule has 2 fully saturated rings. The topological polar surface area (TPSA) is 123 Å². The van der Waals surface area contributed by atoms with Crippen molar-refractivity contribution < 1.29 is 23.9 Å². The molecule has 1 saturated carbocycles. The van der Waals surface area contributed by atoms with Gasteiger partial charge in [-0.2, -0.15) is 10.1 Å². The highest BCUT2D eigenvalue weighted by atomic mass is 16.5. The normalized spacial score (nSPS) is 22.0. The lowest BCUT2D eigenvalue weighted by atomic mass is 9.77. The van der Waals surface area contributed by atoms with Gasteiger partial charge in [0, 0.05) is 17.3 Å². The molecule has 1 aliphatic carbocycles. The fourth-order valence-electron chi connectivity index (χ4n) is 4.53. The largest absolute Gasteiger partial charge is 0.452 e. The third-order valence-corrected chi connectivity index (χ3v) is 6.61. The van der Waals surface area contributed by atoms with Crippen molar-refractivity contribution in [2.24, 2.45) is 5.92 Å². The molecule has 1 aliphatic heterocycles. The third kappa shape index (κ3) is 4.96. The Morgan fingerprint density at radius 3 is 2.57 bits per heavy atom. The van der Waals surface area contributed by atoms with Gasteiger partial charge in [0.25, 0.3) is 11.8 Å². The van der Waals surface area contributed by atoms with Crippen LogP contribution in [0.2, 0.25) is 0 Å². The van der Waals surface area contributed by atoms with E-state index in [4.69, 9.17) is 4.74 Å². The fourth-order valence-corrected chi connectivity index (χ4v) is 4.53. The summed E-state index contributed by atoms with van der Waals surface area (Å²) in [7, 11) is 0. The second kappa shape index (κ2) is 9.73. The van der Waals surface area contributed by atoms with Crippen LogP contribution in [0.4, 0.5) is 4.79 Å². The minimum atomic E-state index is -0.962. The molecule has 1 aromatic carbocycles. The van der Waals surface area contributed by atoms with Crippen LogP contribution in [0.3, 0.4) is 0 Å². The van der Waals surface area contributed by atoms with E-state index in [0.29, 0.717) is 23.8 Å². The molecule has 184 valence electrons. The smallest absolute Gasteiger partial charge is 0.344 e. The zero-order chi connectivity index (χ0) is 25.2. The number of esters is 1. The second-order valence-corrected chi connectivity index (χ2v) is 9.14. The van der Waals surface area contributed by atoms with Gasteiger partial charge in [0.1, 0.15) is 5.54 Å². The second-order valence-electron chi connectivity index (χ2n) is 9.14. The van der Waals surface area contributed by atoms with Crippen molar-refractivity contribution in [2.45, 2.75) is 52.0 Å². The van der Waals surface area contributed by atoms with Gasteiger partial charge >= 0.3 is 12.0 Å². The number of imide groups is 1. The Bertz CT molecular complexity index is 1180. The van der Waals surface area contributed by atoms with Crippen LogP contribution in [-0.4, -0.2) is 50.7 Å². The molecule has 0 atom stereocenters. The predicted octanol–water partition coefficient (Wildman–Crippen LogP) is 2.58. The number of rotatable bonds is 6. The van der Waals surface area contributed by atoms with E-state index in [9.17, 15) is 19.2 Å². The Hall–Kier alpha value is -3.95. The van der Waals surface area contributed by atoms with E-state index in [0.717, 1.165) is 35.5 Å². The van der Waals surface area contributed by atoms with Crippen LogP contribution in [0.25, 0.3) is 11.8 Å². The Labute approximate surface area is 203 Å². The van der Waals surface area contributed by atoms with Crippen LogP contribution in [0.15, 0.2) is 36.4 Å². The van der Waals surface area contributed by atoms with Crippen molar-refractivity contribution in [3.05, 3.63) is 53.4 Å². The maximum atomic E-state index is 12.8. The number of benzene rings is 1. The molecule has 4 rings (SSSR count). The van der Waals surface area contributed by atoms with Crippen molar-refractivity contribution in [3.8, 4) is 5.69 Å². The summed E-state index contributed by atoms with van der Waals surface area (Å²) in [5, 5.41) is 7.92. The SMILES string of the molecule is Cc1nn(-c2ccccc2)c(C)c1/C=C/C(=O)OCC(=O)NN1C(=O)NC2(CCC(C)CC2)C1=O. The van der Waals surface area contributed by atoms with Gasteiger partial charge in [-0.05, 0) is 63.7 Å². The average molecular weight is 480 g/mol. The van der Waals surface area contributed by atoms with Crippen molar-refractivity contribution >= 4 is 29.9 Å². The predicted molar refractivity (Wildman–Crippen MR) is 127 cm³/mol. The number of carbonyl (C=O) groups excluding carboxylic acids is 4. The number of nitrogens with one attached hydrogen (secondary N) is 2. The molecule has 1 saturated heterocycles. The fraction of sp³-hybridized carbons (Fsp3) is 0.400. The number of para-hydroxylation sites is 1. The van der Waals surface area contributed by atoms with Crippen LogP contribution in [0.1, 0.15) is 49.6 Å². The van der Waals surface area contributed by atoms with Gasteiger partial charge in [0.15, 0.2) is 6.61 Å². The first-order chi connectivity index (χ1) is 16.7. The molecule has 35 heavy (non-hydrogen) atoms.